The largest absolute Gasteiger partial charge is 0.486 e. The minimum atomic E-state index is -0.444. The number of likely N-dealkylation sites (tertiary alicyclic amines) is 1. The zero-order valence-electron chi connectivity index (χ0n) is 17.0. The van der Waals surface area contributed by atoms with Crippen LogP contribution in [0, 0.1) is 11.7 Å². The van der Waals surface area contributed by atoms with Crippen molar-refractivity contribution in [2.75, 3.05) is 18.4 Å². The second-order valence-corrected chi connectivity index (χ2v) is 8.81. The highest BCUT2D eigenvalue weighted by atomic mass is 35.5. The molecule has 7 nitrogen and oxygen atoms in total. The summed E-state index contributed by atoms with van der Waals surface area (Å²) < 4.78 is 19.0. The lowest BCUT2D eigenvalue weighted by Crippen LogP contribution is -2.41. The van der Waals surface area contributed by atoms with Crippen LogP contribution in [-0.4, -0.2) is 40.0 Å². The zero-order chi connectivity index (χ0) is 22.5. The number of anilines is 1. The Morgan fingerprint density at radius 2 is 1.91 bits per heavy atom. The summed E-state index contributed by atoms with van der Waals surface area (Å²) in [6, 6.07) is 12.6. The highest BCUT2D eigenvalue weighted by molar-refractivity contribution is 7.15. The third kappa shape index (κ3) is 5.60. The average Bonchev–Trinajstić information content (AvgIpc) is 3.25. The van der Waals surface area contributed by atoms with E-state index in [0.29, 0.717) is 52.4 Å². The molecule has 32 heavy (non-hydrogen) atoms. The number of hydrogen-bond donors (Lipinski definition) is 1. The number of hydrogen-bond acceptors (Lipinski definition) is 6. The van der Waals surface area contributed by atoms with Gasteiger partial charge in [0.25, 0.3) is 5.91 Å². The fourth-order valence-electron chi connectivity index (χ4n) is 3.39. The smallest absolute Gasteiger partial charge is 0.253 e. The van der Waals surface area contributed by atoms with Crippen LogP contribution >= 0.6 is 22.9 Å². The molecule has 1 saturated heterocycles. The molecule has 1 aliphatic rings. The van der Waals surface area contributed by atoms with Crippen molar-refractivity contribution in [3.63, 3.8) is 0 Å². The molecule has 2 aromatic carbocycles. The molecular formula is C22H20ClFN4O3S. The number of piperidine rings is 1. The molecule has 0 atom stereocenters. The van der Waals surface area contributed by atoms with E-state index in [0.717, 1.165) is 0 Å². The normalized spacial score (nSPS) is 14.2. The fourth-order valence-corrected chi connectivity index (χ4v) is 4.18. The van der Waals surface area contributed by atoms with E-state index in [9.17, 15) is 14.0 Å². The van der Waals surface area contributed by atoms with Crippen LogP contribution in [0.5, 0.6) is 5.75 Å². The first kappa shape index (κ1) is 22.2. The van der Waals surface area contributed by atoms with Crippen LogP contribution < -0.4 is 10.1 Å². The molecule has 166 valence electrons. The Hall–Kier alpha value is -3.04. The summed E-state index contributed by atoms with van der Waals surface area (Å²) in [4.78, 5) is 26.8. The fraction of sp³-hybridized carbons (Fsp3) is 0.273. The Morgan fingerprint density at radius 3 is 2.62 bits per heavy atom. The standard InChI is InChI=1S/C22H20ClFN4O3S/c23-16-4-6-18(7-5-16)31-13-19-26-27-22(32-19)25-20(29)14-8-10-28(11-9-14)21(30)15-2-1-3-17(24)12-15/h1-7,12,14H,8-11,13H2,(H,25,27,29). The lowest BCUT2D eigenvalue weighted by Gasteiger charge is -2.31. The summed E-state index contributed by atoms with van der Waals surface area (Å²) in [7, 11) is 0. The first-order valence-electron chi connectivity index (χ1n) is 10.0. The molecule has 2 amide bonds. The van der Waals surface area contributed by atoms with Crippen molar-refractivity contribution in [3.8, 4) is 5.75 Å². The molecule has 1 N–H and O–H groups in total. The maximum absolute atomic E-state index is 13.4. The first-order chi connectivity index (χ1) is 15.5. The van der Waals surface area contributed by atoms with Gasteiger partial charge in [-0.15, -0.1) is 10.2 Å². The molecule has 0 spiro atoms. The number of ether oxygens (including phenoxy) is 1. The summed E-state index contributed by atoms with van der Waals surface area (Å²) in [5.41, 5.74) is 0.315. The van der Waals surface area contributed by atoms with E-state index in [4.69, 9.17) is 16.3 Å². The molecule has 4 rings (SSSR count). The molecule has 1 aromatic heterocycles. The van der Waals surface area contributed by atoms with E-state index >= 15 is 0 Å². The monoisotopic (exact) mass is 474 g/mol. The SMILES string of the molecule is O=C(Nc1nnc(COc2ccc(Cl)cc2)s1)C1CCN(C(=O)c2cccc(F)c2)CC1. The maximum atomic E-state index is 13.4. The Kier molecular flexibility index (Phi) is 6.96. The predicted molar refractivity (Wildman–Crippen MR) is 119 cm³/mol. The van der Waals surface area contributed by atoms with Crippen molar-refractivity contribution in [1.82, 2.24) is 15.1 Å². The highest BCUT2D eigenvalue weighted by Crippen LogP contribution is 2.24. The van der Waals surface area contributed by atoms with E-state index in [1.807, 2.05) is 0 Å². The molecule has 10 heteroatoms. The number of rotatable bonds is 6. The van der Waals surface area contributed by atoms with E-state index in [1.165, 1.54) is 29.5 Å². The minimum Gasteiger partial charge on any atom is -0.486 e. The van der Waals surface area contributed by atoms with Crippen LogP contribution in [0.1, 0.15) is 28.2 Å². The van der Waals surface area contributed by atoms with Crippen molar-refractivity contribution in [1.29, 1.82) is 0 Å². The van der Waals surface area contributed by atoms with Gasteiger partial charge in [-0.25, -0.2) is 4.39 Å². The Labute approximate surface area is 193 Å². The van der Waals surface area contributed by atoms with Gasteiger partial charge in [0.1, 0.15) is 18.2 Å². The van der Waals surface area contributed by atoms with Crippen LogP contribution in [0.25, 0.3) is 0 Å². The molecule has 2 heterocycles. The number of aromatic nitrogens is 2. The molecule has 0 aliphatic carbocycles. The maximum Gasteiger partial charge on any atom is 0.253 e. The van der Waals surface area contributed by atoms with Crippen LogP contribution in [0.15, 0.2) is 48.5 Å². The van der Waals surface area contributed by atoms with Gasteiger partial charge in [0.2, 0.25) is 11.0 Å². The number of nitrogens with zero attached hydrogens (tertiary/aromatic N) is 3. The van der Waals surface area contributed by atoms with Gasteiger partial charge >= 0.3 is 0 Å². The Balaban J connectivity index is 1.25. The van der Waals surface area contributed by atoms with Crippen LogP contribution in [0.4, 0.5) is 9.52 Å². The topological polar surface area (TPSA) is 84.4 Å². The molecule has 1 aliphatic heterocycles. The number of benzene rings is 2. The van der Waals surface area contributed by atoms with Gasteiger partial charge in [-0.2, -0.15) is 0 Å². The number of carbonyl (C=O) groups is 2. The Bertz CT molecular complexity index is 1100. The minimum absolute atomic E-state index is 0.149. The zero-order valence-corrected chi connectivity index (χ0v) is 18.5. The van der Waals surface area contributed by atoms with Crippen molar-refractivity contribution >= 4 is 39.9 Å². The van der Waals surface area contributed by atoms with Gasteiger partial charge < -0.3 is 15.0 Å². The number of nitrogens with one attached hydrogen (secondary N) is 1. The van der Waals surface area contributed by atoms with E-state index < -0.39 is 5.82 Å². The quantitative estimate of drug-likeness (QED) is 0.572. The molecule has 3 aromatic rings. The van der Waals surface area contributed by atoms with E-state index in [1.54, 1.807) is 35.2 Å². The van der Waals surface area contributed by atoms with Gasteiger partial charge in [-0.1, -0.05) is 29.0 Å². The summed E-state index contributed by atoms with van der Waals surface area (Å²) in [5.74, 6) is -0.388. The second-order valence-electron chi connectivity index (χ2n) is 7.31. The Morgan fingerprint density at radius 1 is 1.16 bits per heavy atom. The average molecular weight is 475 g/mol. The summed E-state index contributed by atoms with van der Waals surface area (Å²) in [6.07, 6.45) is 1.05. The molecule has 0 saturated carbocycles. The van der Waals surface area contributed by atoms with Crippen molar-refractivity contribution in [3.05, 3.63) is 69.9 Å². The molecule has 1 fully saturated rings. The van der Waals surface area contributed by atoms with Crippen molar-refractivity contribution in [2.24, 2.45) is 5.92 Å². The van der Waals surface area contributed by atoms with E-state index in [2.05, 4.69) is 15.5 Å². The summed E-state index contributed by atoms with van der Waals surface area (Å²) in [6.45, 7) is 1.10. The lowest BCUT2D eigenvalue weighted by molar-refractivity contribution is -0.121. The highest BCUT2D eigenvalue weighted by Gasteiger charge is 2.28. The van der Waals surface area contributed by atoms with Gasteiger partial charge in [-0.3, -0.25) is 9.59 Å². The third-order valence-corrected chi connectivity index (χ3v) is 6.16. The summed E-state index contributed by atoms with van der Waals surface area (Å²) >= 11 is 7.10. The summed E-state index contributed by atoms with van der Waals surface area (Å²) in [5, 5.41) is 12.5. The van der Waals surface area contributed by atoms with Crippen LogP contribution in [0.3, 0.4) is 0 Å². The third-order valence-electron chi connectivity index (χ3n) is 5.10. The van der Waals surface area contributed by atoms with Gasteiger partial charge in [-0.05, 0) is 55.3 Å². The predicted octanol–water partition coefficient (Wildman–Crippen LogP) is 4.40. The van der Waals surface area contributed by atoms with Crippen molar-refractivity contribution < 1.29 is 18.7 Å². The number of amides is 2. The molecule has 0 radical (unpaired) electrons. The van der Waals surface area contributed by atoms with Gasteiger partial charge in [0, 0.05) is 29.6 Å². The van der Waals surface area contributed by atoms with Crippen LogP contribution in [-0.2, 0) is 11.4 Å². The molecular weight excluding hydrogens is 455 g/mol. The molecule has 0 unspecified atom stereocenters. The van der Waals surface area contributed by atoms with Gasteiger partial charge in [0.05, 0.1) is 0 Å². The van der Waals surface area contributed by atoms with E-state index in [-0.39, 0.29) is 24.3 Å². The second kappa shape index (κ2) is 10.1. The number of halogens is 2. The van der Waals surface area contributed by atoms with Crippen molar-refractivity contribution in [2.45, 2.75) is 19.4 Å². The molecule has 0 bridgehead atoms. The number of carbonyl (C=O) groups excluding carboxylic acids is 2. The van der Waals surface area contributed by atoms with Gasteiger partial charge in [0.15, 0.2) is 5.01 Å². The lowest BCUT2D eigenvalue weighted by atomic mass is 9.95. The van der Waals surface area contributed by atoms with Crippen LogP contribution in [0.2, 0.25) is 5.02 Å². The first-order valence-corrected chi connectivity index (χ1v) is 11.2.